The van der Waals surface area contributed by atoms with Crippen LogP contribution in [0.3, 0.4) is 0 Å². The fourth-order valence-corrected chi connectivity index (χ4v) is 3.49. The average Bonchev–Trinajstić information content (AvgIpc) is 2.84. The van der Waals surface area contributed by atoms with Crippen LogP contribution in [0.2, 0.25) is 5.02 Å². The van der Waals surface area contributed by atoms with Crippen LogP contribution in [0.1, 0.15) is 22.8 Å². The summed E-state index contributed by atoms with van der Waals surface area (Å²) in [6.07, 6.45) is -5.08. The Morgan fingerprint density at radius 2 is 1.75 bits per heavy atom. The number of ether oxygens (including phenoxy) is 1. The van der Waals surface area contributed by atoms with Gasteiger partial charge in [0.05, 0.1) is 6.61 Å². The van der Waals surface area contributed by atoms with E-state index < -0.39 is 12.1 Å². The number of carboxylic acid groups (broad SMARTS) is 1. The zero-order valence-corrected chi connectivity index (χ0v) is 20.3. The second kappa shape index (κ2) is 13.7. The topological polar surface area (TPSA) is 99.2 Å². The number of carbonyl (C=O) groups excluding carboxylic acids is 2. The summed E-state index contributed by atoms with van der Waals surface area (Å²) < 4.78 is 37.3. The maximum absolute atomic E-state index is 13.2. The number of hydrogen-bond donors (Lipinski definition) is 2. The van der Waals surface area contributed by atoms with Crippen LogP contribution < -0.4 is 10.1 Å². The van der Waals surface area contributed by atoms with E-state index in [4.69, 9.17) is 26.2 Å². The lowest BCUT2D eigenvalue weighted by Crippen LogP contribution is -2.50. The molecule has 36 heavy (non-hydrogen) atoms. The van der Waals surface area contributed by atoms with Crippen molar-refractivity contribution in [3.05, 3.63) is 64.7 Å². The largest absolute Gasteiger partial charge is 0.494 e. The normalized spacial score (nSPS) is 13.3. The minimum atomic E-state index is -5.08. The molecule has 12 heteroatoms. The smallest absolute Gasteiger partial charge is 0.490 e. The van der Waals surface area contributed by atoms with E-state index in [-0.39, 0.29) is 18.4 Å². The van der Waals surface area contributed by atoms with Crippen LogP contribution in [0, 0.1) is 0 Å². The molecule has 2 aromatic carbocycles. The molecular weight excluding hydrogens is 503 g/mol. The van der Waals surface area contributed by atoms with Crippen molar-refractivity contribution in [2.24, 2.45) is 0 Å². The van der Waals surface area contributed by atoms with Crippen molar-refractivity contribution >= 4 is 29.4 Å². The number of hydrogen-bond acceptors (Lipinski definition) is 5. The molecule has 0 saturated carbocycles. The van der Waals surface area contributed by atoms with Gasteiger partial charge in [-0.2, -0.15) is 13.2 Å². The second-order valence-corrected chi connectivity index (χ2v) is 8.12. The zero-order chi connectivity index (χ0) is 26.7. The summed E-state index contributed by atoms with van der Waals surface area (Å²) in [6.45, 7) is 5.66. The molecular formula is C24H27ClF3N3O5. The molecule has 1 aliphatic rings. The SMILES string of the molecule is CCOc1cccc(CN(CC(=O)N2CCNCC2)C(=O)c2cccc(Cl)c2)c1.O=C(O)C(F)(F)F. The predicted octanol–water partition coefficient (Wildman–Crippen LogP) is 3.45. The summed E-state index contributed by atoms with van der Waals surface area (Å²) in [5.41, 5.74) is 1.37. The molecule has 2 N–H and O–H groups in total. The van der Waals surface area contributed by atoms with Crippen molar-refractivity contribution in [3.63, 3.8) is 0 Å². The van der Waals surface area contributed by atoms with Crippen LogP contribution in [0.25, 0.3) is 0 Å². The van der Waals surface area contributed by atoms with Crippen LogP contribution in [-0.4, -0.2) is 78.2 Å². The van der Waals surface area contributed by atoms with Gasteiger partial charge in [-0.25, -0.2) is 4.79 Å². The number of nitrogens with zero attached hydrogens (tertiary/aromatic N) is 2. The Morgan fingerprint density at radius 3 is 2.33 bits per heavy atom. The summed E-state index contributed by atoms with van der Waals surface area (Å²) in [5, 5.41) is 10.8. The number of halogens is 4. The Hall–Kier alpha value is -3.31. The molecule has 8 nitrogen and oxygen atoms in total. The monoisotopic (exact) mass is 529 g/mol. The van der Waals surface area contributed by atoms with Crippen molar-refractivity contribution in [2.75, 3.05) is 39.3 Å². The first kappa shape index (κ1) is 28.9. The number of rotatable bonds is 7. The van der Waals surface area contributed by atoms with Gasteiger partial charge in [-0.05, 0) is 42.8 Å². The van der Waals surface area contributed by atoms with Crippen LogP contribution in [-0.2, 0) is 16.1 Å². The number of amides is 2. The number of carboxylic acids is 1. The minimum Gasteiger partial charge on any atom is -0.494 e. The van der Waals surface area contributed by atoms with E-state index in [2.05, 4.69) is 5.32 Å². The van der Waals surface area contributed by atoms with Crippen LogP contribution in [0.5, 0.6) is 5.75 Å². The number of benzene rings is 2. The van der Waals surface area contributed by atoms with Gasteiger partial charge in [0.25, 0.3) is 5.91 Å². The first-order chi connectivity index (χ1) is 17.0. The highest BCUT2D eigenvalue weighted by Gasteiger charge is 2.38. The molecule has 3 rings (SSSR count). The fraction of sp³-hybridized carbons (Fsp3) is 0.375. The lowest BCUT2D eigenvalue weighted by molar-refractivity contribution is -0.192. The van der Waals surface area contributed by atoms with Gasteiger partial charge in [0, 0.05) is 43.3 Å². The van der Waals surface area contributed by atoms with Crippen LogP contribution in [0.4, 0.5) is 13.2 Å². The summed E-state index contributed by atoms with van der Waals surface area (Å²) in [6, 6.07) is 14.4. The molecule has 2 amide bonds. The molecule has 1 fully saturated rings. The molecule has 0 spiro atoms. The first-order valence-corrected chi connectivity index (χ1v) is 11.4. The van der Waals surface area contributed by atoms with E-state index in [1.54, 1.807) is 34.1 Å². The number of carbonyl (C=O) groups is 3. The molecule has 1 aliphatic heterocycles. The molecule has 2 aromatic rings. The number of aliphatic carboxylic acids is 1. The number of nitrogens with one attached hydrogen (secondary N) is 1. The quantitative estimate of drug-likeness (QED) is 0.570. The molecule has 0 atom stereocenters. The Morgan fingerprint density at radius 1 is 1.11 bits per heavy atom. The standard InChI is InChI=1S/C22H26ClN3O3.C2HF3O2/c1-2-29-20-8-3-5-17(13-20)15-26(16-21(27)25-11-9-24-10-12-25)22(28)18-6-4-7-19(23)14-18;3-2(4,5)1(6)7/h3-8,13-14,24H,2,9-12,15-16H2,1H3;(H,6,7). The molecule has 196 valence electrons. The van der Waals surface area contributed by atoms with E-state index in [0.29, 0.717) is 36.8 Å². The summed E-state index contributed by atoms with van der Waals surface area (Å²) in [5.74, 6) is -2.29. The van der Waals surface area contributed by atoms with Crippen LogP contribution in [0.15, 0.2) is 48.5 Å². The van der Waals surface area contributed by atoms with Gasteiger partial charge in [0.15, 0.2) is 0 Å². The average molecular weight is 530 g/mol. The van der Waals surface area contributed by atoms with Gasteiger partial charge in [0.1, 0.15) is 12.3 Å². The van der Waals surface area contributed by atoms with Crippen molar-refractivity contribution in [1.82, 2.24) is 15.1 Å². The van der Waals surface area contributed by atoms with E-state index in [9.17, 15) is 22.8 Å². The van der Waals surface area contributed by atoms with Gasteiger partial charge < -0.3 is 25.0 Å². The molecule has 0 unspecified atom stereocenters. The highest BCUT2D eigenvalue weighted by Crippen LogP contribution is 2.18. The second-order valence-electron chi connectivity index (χ2n) is 7.69. The highest BCUT2D eigenvalue weighted by molar-refractivity contribution is 6.31. The lowest BCUT2D eigenvalue weighted by Gasteiger charge is -2.30. The lowest BCUT2D eigenvalue weighted by atomic mass is 10.1. The fourth-order valence-electron chi connectivity index (χ4n) is 3.30. The number of alkyl halides is 3. The Bertz CT molecular complexity index is 1050. The molecule has 0 aromatic heterocycles. The summed E-state index contributed by atoms with van der Waals surface area (Å²) in [7, 11) is 0. The van der Waals surface area contributed by atoms with Crippen LogP contribution >= 0.6 is 11.6 Å². The van der Waals surface area contributed by atoms with Gasteiger partial charge in [-0.15, -0.1) is 0 Å². The Labute approximate surface area is 211 Å². The van der Waals surface area contributed by atoms with Gasteiger partial charge in [-0.1, -0.05) is 29.8 Å². The van der Waals surface area contributed by atoms with E-state index in [0.717, 1.165) is 24.4 Å². The Kier molecular flexibility index (Phi) is 11.0. The van der Waals surface area contributed by atoms with Gasteiger partial charge in [0.2, 0.25) is 5.91 Å². The third kappa shape index (κ3) is 9.38. The Balaban J connectivity index is 0.000000572. The molecule has 1 heterocycles. The first-order valence-electron chi connectivity index (χ1n) is 11.1. The van der Waals surface area contributed by atoms with Crippen molar-refractivity contribution in [2.45, 2.75) is 19.6 Å². The summed E-state index contributed by atoms with van der Waals surface area (Å²) in [4.78, 5) is 38.3. The predicted molar refractivity (Wildman–Crippen MR) is 127 cm³/mol. The molecule has 0 radical (unpaired) electrons. The molecule has 1 saturated heterocycles. The highest BCUT2D eigenvalue weighted by atomic mass is 35.5. The van der Waals surface area contributed by atoms with Crippen molar-refractivity contribution in [3.8, 4) is 5.75 Å². The van der Waals surface area contributed by atoms with Crippen molar-refractivity contribution in [1.29, 1.82) is 0 Å². The molecule has 0 bridgehead atoms. The third-order valence-corrected chi connectivity index (χ3v) is 5.22. The third-order valence-electron chi connectivity index (χ3n) is 4.98. The van der Waals surface area contributed by atoms with E-state index in [1.807, 2.05) is 31.2 Å². The van der Waals surface area contributed by atoms with Crippen molar-refractivity contribution < 1.29 is 37.4 Å². The van der Waals surface area contributed by atoms with E-state index >= 15 is 0 Å². The maximum Gasteiger partial charge on any atom is 0.490 e. The molecule has 0 aliphatic carbocycles. The zero-order valence-electron chi connectivity index (χ0n) is 19.6. The minimum absolute atomic E-state index is 0.0181. The maximum atomic E-state index is 13.2. The van der Waals surface area contributed by atoms with Gasteiger partial charge in [-0.3, -0.25) is 9.59 Å². The van der Waals surface area contributed by atoms with Gasteiger partial charge >= 0.3 is 12.1 Å². The number of piperazine rings is 1. The summed E-state index contributed by atoms with van der Waals surface area (Å²) >= 11 is 6.07. The van der Waals surface area contributed by atoms with E-state index in [1.165, 1.54) is 0 Å².